The van der Waals surface area contributed by atoms with Crippen molar-refractivity contribution in [3.63, 3.8) is 0 Å². The Bertz CT molecular complexity index is 1270. The van der Waals surface area contributed by atoms with Crippen LogP contribution in [-0.2, 0) is 24.0 Å². The van der Waals surface area contributed by atoms with E-state index in [0.717, 1.165) is 50.7 Å². The maximum Gasteiger partial charge on any atom is 0.326 e. The molecule has 0 radical (unpaired) electrons. The van der Waals surface area contributed by atoms with Gasteiger partial charge in [-0.2, -0.15) is 0 Å². The van der Waals surface area contributed by atoms with E-state index in [9.17, 15) is 29.4 Å². The van der Waals surface area contributed by atoms with Gasteiger partial charge < -0.3 is 31.4 Å². The highest BCUT2D eigenvalue weighted by Crippen LogP contribution is 2.67. The molecule has 0 aromatic rings. The van der Waals surface area contributed by atoms with Gasteiger partial charge in [0.25, 0.3) is 5.91 Å². The zero-order valence-corrected chi connectivity index (χ0v) is 26.4. The van der Waals surface area contributed by atoms with Crippen molar-refractivity contribution in [2.75, 3.05) is 6.61 Å². The van der Waals surface area contributed by atoms with E-state index in [0.29, 0.717) is 24.2 Å². The largest absolute Gasteiger partial charge is 0.480 e. The molecule has 8 atom stereocenters. The number of fused-ring (bicyclic) bond motifs is 5. The Morgan fingerprint density at radius 1 is 1.11 bits per heavy atom. The van der Waals surface area contributed by atoms with Gasteiger partial charge in [-0.1, -0.05) is 44.3 Å². The molecule has 0 spiro atoms. The van der Waals surface area contributed by atoms with Crippen molar-refractivity contribution in [3.05, 3.63) is 11.6 Å². The number of carboxylic acids is 1. The SMILES string of the molecule is C#C[C@@]1(O)CC[C@@H]2[C@@H]3CCC4=C/C(=N/OCC(=O)N[C@@H](C(=O)N[C@@H](CCC(N)=O)C(=O)O)C(C)C)CC[C@]4(C)[C@@H]3CC[C@@]21C. The molecule has 0 saturated heterocycles. The van der Waals surface area contributed by atoms with Crippen LogP contribution in [0, 0.1) is 46.8 Å². The first kappa shape index (κ1) is 33.5. The fourth-order valence-electron chi connectivity index (χ4n) is 8.63. The molecule has 6 N–H and O–H groups in total. The topological polar surface area (TPSA) is 180 Å². The molecule has 3 amide bonds. The number of amides is 3. The van der Waals surface area contributed by atoms with Crippen LogP contribution in [0.4, 0.5) is 0 Å². The number of nitrogens with one attached hydrogen (secondary N) is 2. The van der Waals surface area contributed by atoms with Crippen LogP contribution in [-0.4, -0.2) is 63.9 Å². The van der Waals surface area contributed by atoms with Crippen molar-refractivity contribution in [2.45, 2.75) is 110 Å². The number of aliphatic carboxylic acids is 1. The van der Waals surface area contributed by atoms with Gasteiger partial charge in [0.15, 0.2) is 6.61 Å². The Morgan fingerprint density at radius 3 is 2.45 bits per heavy atom. The molecule has 4 aliphatic carbocycles. The van der Waals surface area contributed by atoms with E-state index < -0.39 is 48.0 Å². The Hall–Kier alpha value is -3.39. The van der Waals surface area contributed by atoms with Crippen LogP contribution < -0.4 is 16.4 Å². The number of carboxylic acid groups (broad SMARTS) is 1. The summed E-state index contributed by atoms with van der Waals surface area (Å²) in [6.07, 6.45) is 14.9. The van der Waals surface area contributed by atoms with Crippen LogP contribution >= 0.6 is 0 Å². The van der Waals surface area contributed by atoms with E-state index in [1.807, 2.05) is 0 Å². The van der Waals surface area contributed by atoms with Gasteiger partial charge in [-0.25, -0.2) is 4.79 Å². The monoisotopic (exact) mass is 612 g/mol. The second-order valence-electron chi connectivity index (χ2n) is 14.1. The van der Waals surface area contributed by atoms with Gasteiger partial charge in [-0.15, -0.1) is 6.42 Å². The average Bonchev–Trinajstić information content (AvgIpc) is 3.24. The third-order valence-corrected chi connectivity index (χ3v) is 11.3. The van der Waals surface area contributed by atoms with Crippen molar-refractivity contribution in [1.82, 2.24) is 10.6 Å². The molecule has 3 fully saturated rings. The first-order chi connectivity index (χ1) is 20.6. The fraction of sp³-hybridized carbons (Fsp3) is 0.727. The molecule has 242 valence electrons. The summed E-state index contributed by atoms with van der Waals surface area (Å²) in [5, 5.41) is 29.9. The molecule has 4 rings (SSSR count). The van der Waals surface area contributed by atoms with Crippen molar-refractivity contribution < 1.29 is 34.2 Å². The number of nitrogens with two attached hydrogens (primary N) is 1. The Morgan fingerprint density at radius 2 is 1.82 bits per heavy atom. The molecule has 4 aliphatic rings. The van der Waals surface area contributed by atoms with Crippen molar-refractivity contribution in [2.24, 2.45) is 45.4 Å². The number of rotatable bonds is 11. The van der Waals surface area contributed by atoms with Gasteiger partial charge in [0.1, 0.15) is 17.7 Å². The molecule has 0 unspecified atom stereocenters. The smallest absolute Gasteiger partial charge is 0.326 e. The number of aliphatic hydroxyl groups is 1. The molecule has 0 bridgehead atoms. The minimum Gasteiger partial charge on any atom is -0.480 e. The lowest BCUT2D eigenvalue weighted by Crippen LogP contribution is -2.54. The first-order valence-electron chi connectivity index (χ1n) is 15.9. The van der Waals surface area contributed by atoms with E-state index in [1.165, 1.54) is 5.57 Å². The minimum atomic E-state index is -1.31. The van der Waals surface area contributed by atoms with Gasteiger partial charge in [0.2, 0.25) is 11.8 Å². The Labute approximate surface area is 259 Å². The van der Waals surface area contributed by atoms with E-state index in [1.54, 1.807) is 13.8 Å². The summed E-state index contributed by atoms with van der Waals surface area (Å²) in [5.74, 6) is 0.706. The summed E-state index contributed by atoms with van der Waals surface area (Å²) in [6.45, 7) is 7.61. The van der Waals surface area contributed by atoms with Gasteiger partial charge in [0, 0.05) is 11.8 Å². The van der Waals surface area contributed by atoms with Crippen LogP contribution in [0.5, 0.6) is 0 Å². The van der Waals surface area contributed by atoms with E-state index in [-0.39, 0.29) is 29.6 Å². The molecule has 3 saturated carbocycles. The van der Waals surface area contributed by atoms with Gasteiger partial charge in [-0.3, -0.25) is 14.4 Å². The van der Waals surface area contributed by atoms with Crippen LogP contribution in [0.15, 0.2) is 16.8 Å². The van der Waals surface area contributed by atoms with Crippen LogP contribution in [0.3, 0.4) is 0 Å². The quantitative estimate of drug-likeness (QED) is 0.176. The number of terminal acetylenes is 1. The van der Waals surface area contributed by atoms with Crippen molar-refractivity contribution >= 4 is 29.4 Å². The normalized spacial score (nSPS) is 34.8. The molecule has 0 aliphatic heterocycles. The number of nitrogens with zero attached hydrogens (tertiary/aromatic N) is 1. The number of hydrogen-bond acceptors (Lipinski definition) is 7. The van der Waals surface area contributed by atoms with Crippen LogP contribution in [0.25, 0.3) is 0 Å². The van der Waals surface area contributed by atoms with Crippen LogP contribution in [0.1, 0.15) is 91.9 Å². The second kappa shape index (κ2) is 12.9. The lowest BCUT2D eigenvalue weighted by atomic mass is 9.46. The summed E-state index contributed by atoms with van der Waals surface area (Å²) in [4.78, 5) is 53.4. The van der Waals surface area contributed by atoms with Crippen molar-refractivity contribution in [3.8, 4) is 12.3 Å². The predicted molar refractivity (Wildman–Crippen MR) is 164 cm³/mol. The average molecular weight is 613 g/mol. The molecule has 44 heavy (non-hydrogen) atoms. The summed E-state index contributed by atoms with van der Waals surface area (Å²) in [7, 11) is 0. The van der Waals surface area contributed by atoms with E-state index >= 15 is 0 Å². The molecule has 11 heteroatoms. The Kier molecular flexibility index (Phi) is 9.84. The van der Waals surface area contributed by atoms with Crippen LogP contribution in [0.2, 0.25) is 0 Å². The van der Waals surface area contributed by atoms with Gasteiger partial charge in [-0.05, 0) is 93.0 Å². The summed E-state index contributed by atoms with van der Waals surface area (Å²) in [5.41, 5.74) is 6.07. The molecule has 0 heterocycles. The zero-order valence-electron chi connectivity index (χ0n) is 26.4. The maximum absolute atomic E-state index is 12.8. The third kappa shape index (κ3) is 6.37. The Balaban J connectivity index is 1.34. The summed E-state index contributed by atoms with van der Waals surface area (Å²) < 4.78 is 0. The fourth-order valence-corrected chi connectivity index (χ4v) is 8.63. The number of hydrogen-bond donors (Lipinski definition) is 5. The van der Waals surface area contributed by atoms with E-state index in [2.05, 4.69) is 41.6 Å². The maximum atomic E-state index is 12.8. The summed E-state index contributed by atoms with van der Waals surface area (Å²) >= 11 is 0. The zero-order chi connectivity index (χ0) is 32.4. The lowest BCUT2D eigenvalue weighted by molar-refractivity contribution is -0.143. The second-order valence-corrected chi connectivity index (χ2v) is 14.1. The molecule has 0 aromatic heterocycles. The highest BCUT2D eigenvalue weighted by molar-refractivity contribution is 5.96. The van der Waals surface area contributed by atoms with Gasteiger partial charge in [0.05, 0.1) is 5.71 Å². The molecular weight excluding hydrogens is 564 g/mol. The third-order valence-electron chi connectivity index (χ3n) is 11.3. The molecular formula is C33H48N4O7. The standard InChI is InChI=1S/C33H48N4O7/c1-6-33(43)16-13-24-22-8-7-20-17-21(11-14-31(20,4)23(22)12-15-32(24,33)5)37-44-18-27(39)36-28(19(2)3)29(40)35-25(30(41)42)9-10-26(34)38/h1,17,19,22-25,28,43H,7-16,18H2,2-5H3,(H2,34,38)(H,35,40)(H,36,39)(H,41,42)/b37-21+/t22-,23-,24-,25+,28-,31+,32+,33-/m1/s1. The molecule has 11 nitrogen and oxygen atoms in total. The van der Waals surface area contributed by atoms with E-state index in [4.69, 9.17) is 17.0 Å². The number of oxime groups is 1. The highest BCUT2D eigenvalue weighted by atomic mass is 16.6. The highest BCUT2D eigenvalue weighted by Gasteiger charge is 2.63. The number of carbonyl (C=O) groups is 4. The predicted octanol–water partition coefficient (Wildman–Crippen LogP) is 2.66. The minimum absolute atomic E-state index is 0.0561. The first-order valence-corrected chi connectivity index (χ1v) is 15.9. The lowest BCUT2D eigenvalue weighted by Gasteiger charge is -2.58. The van der Waals surface area contributed by atoms with Gasteiger partial charge >= 0.3 is 5.97 Å². The number of allylic oxidation sites excluding steroid dienone is 2. The number of carbonyl (C=O) groups excluding carboxylic acids is 3. The van der Waals surface area contributed by atoms with Crippen molar-refractivity contribution in [1.29, 1.82) is 0 Å². The number of primary amides is 1. The molecule has 0 aromatic carbocycles. The summed E-state index contributed by atoms with van der Waals surface area (Å²) in [6, 6.07) is -2.31.